The minimum atomic E-state index is 0.352. The van der Waals surface area contributed by atoms with Gasteiger partial charge in [-0.15, -0.1) is 0 Å². The van der Waals surface area contributed by atoms with Gasteiger partial charge in [0.2, 0.25) is 0 Å². The molecule has 2 rings (SSSR count). The smallest absolute Gasteiger partial charge is 0.147 e. The summed E-state index contributed by atoms with van der Waals surface area (Å²) in [6, 6.07) is 5.50. The third kappa shape index (κ3) is 3.32. The second-order valence-corrected chi connectivity index (χ2v) is 4.32. The van der Waals surface area contributed by atoms with Crippen LogP contribution in [0.1, 0.15) is 11.3 Å². The maximum Gasteiger partial charge on any atom is 0.147 e. The number of benzene rings is 1. The molecule has 0 spiro atoms. The largest absolute Gasteiger partial charge is 0.487 e. The number of halogens is 2. The topological polar surface area (TPSA) is 35.0 Å². The molecule has 0 aliphatic rings. The van der Waals surface area contributed by atoms with Crippen LogP contribution in [0.3, 0.4) is 0 Å². The molecule has 17 heavy (non-hydrogen) atoms. The van der Waals surface area contributed by atoms with Gasteiger partial charge in [-0.05, 0) is 30.7 Å². The molecule has 88 valence electrons. The Labute approximate surface area is 109 Å². The van der Waals surface area contributed by atoms with Crippen molar-refractivity contribution in [3.63, 3.8) is 0 Å². The lowest BCUT2D eigenvalue weighted by Crippen LogP contribution is -1.99. The van der Waals surface area contributed by atoms with Crippen molar-refractivity contribution in [2.24, 2.45) is 0 Å². The Morgan fingerprint density at radius 3 is 2.65 bits per heavy atom. The Morgan fingerprint density at radius 1 is 1.18 bits per heavy atom. The summed E-state index contributed by atoms with van der Waals surface area (Å²) in [4.78, 5) is 8.01. The van der Waals surface area contributed by atoms with Crippen LogP contribution in [0.2, 0.25) is 10.2 Å². The van der Waals surface area contributed by atoms with E-state index in [2.05, 4.69) is 9.97 Å². The lowest BCUT2D eigenvalue weighted by Gasteiger charge is -2.07. The minimum absolute atomic E-state index is 0.352. The summed E-state index contributed by atoms with van der Waals surface area (Å²) in [6.45, 7) is 2.28. The van der Waals surface area contributed by atoms with Gasteiger partial charge < -0.3 is 4.74 Å². The predicted octanol–water partition coefficient (Wildman–Crippen LogP) is 3.67. The minimum Gasteiger partial charge on any atom is -0.487 e. The maximum absolute atomic E-state index is 5.92. The molecule has 1 aromatic carbocycles. The summed E-state index contributed by atoms with van der Waals surface area (Å²) in [5.74, 6) is 0.753. The van der Waals surface area contributed by atoms with E-state index < -0.39 is 0 Å². The summed E-state index contributed by atoms with van der Waals surface area (Å²) in [7, 11) is 0. The van der Waals surface area contributed by atoms with Crippen molar-refractivity contribution in [3.8, 4) is 5.75 Å². The fourth-order valence-electron chi connectivity index (χ4n) is 1.28. The summed E-state index contributed by atoms with van der Waals surface area (Å²) >= 11 is 11.6. The molecular weight excluding hydrogens is 259 g/mol. The fraction of sp³-hybridized carbons (Fsp3) is 0.167. The number of nitrogens with zero attached hydrogens (tertiary/aromatic N) is 2. The molecule has 0 bridgehead atoms. The number of ether oxygens (including phenoxy) is 1. The van der Waals surface area contributed by atoms with Crippen molar-refractivity contribution in [2.45, 2.75) is 13.5 Å². The molecule has 0 saturated heterocycles. The van der Waals surface area contributed by atoms with Gasteiger partial charge in [-0.1, -0.05) is 23.2 Å². The molecule has 0 fully saturated rings. The standard InChI is InChI=1S/C12H10Cl2N2O/c1-8-4-10(2-3-11(8)13)17-7-9-5-16-12(14)6-15-9/h2-6H,7H2,1H3. The van der Waals surface area contributed by atoms with Gasteiger partial charge in [0.1, 0.15) is 17.5 Å². The van der Waals surface area contributed by atoms with E-state index in [0.29, 0.717) is 11.8 Å². The molecule has 0 N–H and O–H groups in total. The van der Waals surface area contributed by atoms with Crippen molar-refractivity contribution < 1.29 is 4.74 Å². The molecule has 3 nitrogen and oxygen atoms in total. The average Bonchev–Trinajstić information content (AvgIpc) is 2.33. The fourth-order valence-corrected chi connectivity index (χ4v) is 1.49. The Bertz CT molecular complexity index is 514. The van der Waals surface area contributed by atoms with Gasteiger partial charge in [0, 0.05) is 5.02 Å². The van der Waals surface area contributed by atoms with E-state index in [0.717, 1.165) is 22.0 Å². The highest BCUT2D eigenvalue weighted by Gasteiger charge is 2.00. The Balaban J connectivity index is 2.02. The highest BCUT2D eigenvalue weighted by Crippen LogP contribution is 2.21. The van der Waals surface area contributed by atoms with Gasteiger partial charge in [0.05, 0.1) is 18.1 Å². The monoisotopic (exact) mass is 268 g/mol. The Hall–Kier alpha value is -1.32. The van der Waals surface area contributed by atoms with Gasteiger partial charge >= 0.3 is 0 Å². The number of rotatable bonds is 3. The summed E-state index contributed by atoms with van der Waals surface area (Å²) in [5, 5.41) is 1.10. The first-order chi connectivity index (χ1) is 8.15. The molecule has 0 saturated carbocycles. The van der Waals surface area contributed by atoms with Crippen LogP contribution in [0.4, 0.5) is 0 Å². The van der Waals surface area contributed by atoms with Crippen LogP contribution in [0, 0.1) is 6.92 Å². The van der Waals surface area contributed by atoms with E-state index in [1.54, 1.807) is 12.3 Å². The Kier molecular flexibility index (Phi) is 3.82. The van der Waals surface area contributed by atoms with E-state index in [-0.39, 0.29) is 0 Å². The third-order valence-corrected chi connectivity index (χ3v) is 2.81. The zero-order valence-corrected chi connectivity index (χ0v) is 10.7. The number of hydrogen-bond donors (Lipinski definition) is 0. The summed E-state index contributed by atoms with van der Waals surface area (Å²) < 4.78 is 5.56. The van der Waals surface area contributed by atoms with Gasteiger partial charge in [-0.3, -0.25) is 4.98 Å². The zero-order valence-electron chi connectivity index (χ0n) is 9.15. The van der Waals surface area contributed by atoms with Crippen LogP contribution in [-0.2, 0) is 6.61 Å². The van der Waals surface area contributed by atoms with E-state index in [1.807, 2.05) is 19.1 Å². The van der Waals surface area contributed by atoms with Crippen LogP contribution in [0.15, 0.2) is 30.6 Å². The van der Waals surface area contributed by atoms with Crippen LogP contribution >= 0.6 is 23.2 Å². The lowest BCUT2D eigenvalue weighted by molar-refractivity contribution is 0.300. The highest BCUT2D eigenvalue weighted by atomic mass is 35.5. The predicted molar refractivity (Wildman–Crippen MR) is 67.6 cm³/mol. The first kappa shape index (κ1) is 12.1. The average molecular weight is 269 g/mol. The van der Waals surface area contributed by atoms with Gasteiger partial charge in [-0.25, -0.2) is 4.98 Å². The summed E-state index contributed by atoms with van der Waals surface area (Å²) in [6.07, 6.45) is 3.08. The summed E-state index contributed by atoms with van der Waals surface area (Å²) in [5.41, 5.74) is 1.70. The second-order valence-electron chi connectivity index (χ2n) is 3.53. The molecule has 1 aromatic heterocycles. The van der Waals surface area contributed by atoms with Crippen molar-refractivity contribution in [3.05, 3.63) is 52.0 Å². The highest BCUT2D eigenvalue weighted by molar-refractivity contribution is 6.31. The Morgan fingerprint density at radius 2 is 2.00 bits per heavy atom. The van der Waals surface area contributed by atoms with Gasteiger partial charge in [-0.2, -0.15) is 0 Å². The number of hydrogen-bond acceptors (Lipinski definition) is 3. The lowest BCUT2D eigenvalue weighted by atomic mass is 10.2. The van der Waals surface area contributed by atoms with E-state index >= 15 is 0 Å². The number of aryl methyl sites for hydroxylation is 1. The third-order valence-electron chi connectivity index (χ3n) is 2.19. The molecule has 0 atom stereocenters. The number of aromatic nitrogens is 2. The molecule has 1 heterocycles. The molecule has 5 heteroatoms. The van der Waals surface area contributed by atoms with E-state index in [9.17, 15) is 0 Å². The normalized spacial score (nSPS) is 10.3. The van der Waals surface area contributed by atoms with Crippen LogP contribution in [0.5, 0.6) is 5.75 Å². The van der Waals surface area contributed by atoms with Crippen molar-refractivity contribution >= 4 is 23.2 Å². The molecule has 0 aliphatic heterocycles. The maximum atomic E-state index is 5.92. The second kappa shape index (κ2) is 5.34. The van der Waals surface area contributed by atoms with Crippen LogP contribution in [-0.4, -0.2) is 9.97 Å². The van der Waals surface area contributed by atoms with Crippen molar-refractivity contribution in [1.82, 2.24) is 9.97 Å². The van der Waals surface area contributed by atoms with Crippen LogP contribution in [0.25, 0.3) is 0 Å². The zero-order chi connectivity index (χ0) is 12.3. The van der Waals surface area contributed by atoms with E-state index in [4.69, 9.17) is 27.9 Å². The molecule has 2 aromatic rings. The van der Waals surface area contributed by atoms with Gasteiger partial charge in [0.25, 0.3) is 0 Å². The van der Waals surface area contributed by atoms with Crippen LogP contribution < -0.4 is 4.74 Å². The SMILES string of the molecule is Cc1cc(OCc2cnc(Cl)cn2)ccc1Cl. The molecule has 0 amide bonds. The quantitative estimate of drug-likeness (QED) is 0.852. The molecule has 0 aliphatic carbocycles. The van der Waals surface area contributed by atoms with Crippen molar-refractivity contribution in [2.75, 3.05) is 0 Å². The van der Waals surface area contributed by atoms with E-state index in [1.165, 1.54) is 6.20 Å². The molecule has 0 unspecified atom stereocenters. The first-order valence-corrected chi connectivity index (χ1v) is 5.76. The molecule has 0 radical (unpaired) electrons. The van der Waals surface area contributed by atoms with Gasteiger partial charge in [0.15, 0.2) is 0 Å². The van der Waals surface area contributed by atoms with Crippen molar-refractivity contribution in [1.29, 1.82) is 0 Å². The first-order valence-electron chi connectivity index (χ1n) is 5.00. The molecular formula is C12H10Cl2N2O.